The Morgan fingerprint density at radius 2 is 1.86 bits per heavy atom. The molecule has 3 aromatic carbocycles. The molecule has 4 rings (SSSR count). The summed E-state index contributed by atoms with van der Waals surface area (Å²) in [6.45, 7) is 4.77. The van der Waals surface area contributed by atoms with Gasteiger partial charge in [0.15, 0.2) is 5.82 Å². The third kappa shape index (κ3) is 6.05. The molecule has 0 atom stereocenters. The number of nitrogens with one attached hydrogen (secondary N) is 1. The van der Waals surface area contributed by atoms with Crippen molar-refractivity contribution >= 4 is 39.3 Å². The van der Waals surface area contributed by atoms with E-state index in [0.717, 1.165) is 28.0 Å². The van der Waals surface area contributed by atoms with Crippen LogP contribution in [0.15, 0.2) is 71.3 Å². The molecule has 4 aromatic rings. The molecule has 0 aliphatic heterocycles. The van der Waals surface area contributed by atoms with E-state index in [1.54, 1.807) is 36.2 Å². The summed E-state index contributed by atoms with van der Waals surface area (Å²) in [5, 5.41) is 8.03. The van der Waals surface area contributed by atoms with E-state index in [1.165, 1.54) is 0 Å². The Labute approximate surface area is 218 Å². The maximum atomic E-state index is 13.0. The molecule has 1 N–H and O–H groups in total. The number of aryl methyl sites for hydroxylation is 2. The summed E-state index contributed by atoms with van der Waals surface area (Å²) in [7, 11) is 1.60. The minimum Gasteiger partial charge on any atom is -0.496 e. The van der Waals surface area contributed by atoms with Crippen LogP contribution in [0.2, 0.25) is 5.02 Å². The van der Waals surface area contributed by atoms with E-state index < -0.39 is 0 Å². The smallest absolute Gasteiger partial charge is 0.256 e. The Hall–Kier alpha value is -3.29. The lowest BCUT2D eigenvalue weighted by Crippen LogP contribution is -2.14. The first-order valence-electron chi connectivity index (χ1n) is 11.0. The van der Waals surface area contributed by atoms with Crippen LogP contribution in [0.4, 0.5) is 5.82 Å². The highest BCUT2D eigenvalue weighted by Crippen LogP contribution is 2.27. The Morgan fingerprint density at radius 1 is 1.06 bits per heavy atom. The van der Waals surface area contributed by atoms with E-state index in [0.29, 0.717) is 33.2 Å². The lowest BCUT2D eigenvalue weighted by atomic mass is 10.1. The van der Waals surface area contributed by atoms with E-state index in [-0.39, 0.29) is 12.5 Å². The van der Waals surface area contributed by atoms with Gasteiger partial charge in [-0.05, 0) is 76.8 Å². The maximum Gasteiger partial charge on any atom is 0.256 e. The number of benzene rings is 3. The summed E-state index contributed by atoms with van der Waals surface area (Å²) in [5.74, 6) is 1.59. The van der Waals surface area contributed by atoms with Crippen LogP contribution in [-0.4, -0.2) is 22.8 Å². The van der Waals surface area contributed by atoms with Crippen molar-refractivity contribution in [1.29, 1.82) is 0 Å². The lowest BCUT2D eigenvalue weighted by Gasteiger charge is -2.14. The molecule has 0 saturated carbocycles. The van der Waals surface area contributed by atoms with Gasteiger partial charge >= 0.3 is 0 Å². The SMILES string of the molecule is COc1ccc(C(=O)Nc2nn(Cc3ccccc3Cl)cc2Br)cc1COc1cc(C)ccc1C. The van der Waals surface area contributed by atoms with Gasteiger partial charge < -0.3 is 14.8 Å². The standard InChI is InChI=1S/C27H25BrClN3O3/c1-17-8-9-18(2)25(12-17)35-16-21-13-19(10-11-24(21)34-3)27(33)30-26-22(28)15-32(31-26)14-20-6-4-5-7-23(20)29/h4-13,15H,14,16H2,1-3H3,(H,30,31,33). The Balaban J connectivity index is 1.49. The summed E-state index contributed by atoms with van der Waals surface area (Å²) in [4.78, 5) is 13.0. The quantitative estimate of drug-likeness (QED) is 0.260. The molecule has 0 spiro atoms. The second kappa shape index (κ2) is 11.0. The van der Waals surface area contributed by atoms with Crippen LogP contribution in [0.1, 0.15) is 32.6 Å². The number of nitrogens with zero attached hydrogens (tertiary/aromatic N) is 2. The minimum absolute atomic E-state index is 0.269. The van der Waals surface area contributed by atoms with Crippen LogP contribution in [-0.2, 0) is 13.2 Å². The van der Waals surface area contributed by atoms with E-state index in [2.05, 4.69) is 26.3 Å². The van der Waals surface area contributed by atoms with Crippen molar-refractivity contribution in [3.8, 4) is 11.5 Å². The van der Waals surface area contributed by atoms with Gasteiger partial charge in [0.25, 0.3) is 5.91 Å². The number of hydrogen-bond donors (Lipinski definition) is 1. The van der Waals surface area contributed by atoms with Gasteiger partial charge in [0.05, 0.1) is 18.1 Å². The van der Waals surface area contributed by atoms with Crippen LogP contribution in [0.3, 0.4) is 0 Å². The zero-order valence-electron chi connectivity index (χ0n) is 19.6. The average Bonchev–Trinajstić information content (AvgIpc) is 3.19. The molecule has 0 aliphatic rings. The fraction of sp³-hybridized carbons (Fsp3) is 0.185. The molecule has 1 aromatic heterocycles. The Morgan fingerprint density at radius 3 is 2.63 bits per heavy atom. The number of methoxy groups -OCH3 is 1. The fourth-order valence-corrected chi connectivity index (χ4v) is 4.20. The van der Waals surface area contributed by atoms with Gasteiger partial charge in [-0.15, -0.1) is 0 Å². The highest BCUT2D eigenvalue weighted by molar-refractivity contribution is 9.10. The van der Waals surface area contributed by atoms with Crippen molar-refractivity contribution in [3.05, 3.63) is 104 Å². The fourth-order valence-electron chi connectivity index (χ4n) is 3.59. The molecule has 1 amide bonds. The first-order chi connectivity index (χ1) is 16.8. The van der Waals surface area contributed by atoms with Crippen LogP contribution in [0.25, 0.3) is 0 Å². The molecule has 0 radical (unpaired) electrons. The zero-order valence-corrected chi connectivity index (χ0v) is 22.0. The second-order valence-electron chi connectivity index (χ2n) is 8.15. The van der Waals surface area contributed by atoms with Gasteiger partial charge in [0.2, 0.25) is 0 Å². The van der Waals surface area contributed by atoms with Gasteiger partial charge in [0.1, 0.15) is 18.1 Å². The number of anilines is 1. The number of amides is 1. The second-order valence-corrected chi connectivity index (χ2v) is 9.41. The van der Waals surface area contributed by atoms with E-state index >= 15 is 0 Å². The average molecular weight is 555 g/mol. The summed E-state index contributed by atoms with van der Waals surface area (Å²) in [5.41, 5.74) is 4.33. The van der Waals surface area contributed by atoms with Crippen molar-refractivity contribution in [3.63, 3.8) is 0 Å². The topological polar surface area (TPSA) is 65.4 Å². The van der Waals surface area contributed by atoms with Gasteiger partial charge in [-0.25, -0.2) is 0 Å². The van der Waals surface area contributed by atoms with E-state index in [4.69, 9.17) is 21.1 Å². The predicted molar refractivity (Wildman–Crippen MR) is 142 cm³/mol. The lowest BCUT2D eigenvalue weighted by molar-refractivity contribution is 0.102. The summed E-state index contributed by atoms with van der Waals surface area (Å²) in [6.07, 6.45) is 1.80. The van der Waals surface area contributed by atoms with E-state index in [1.807, 2.05) is 56.3 Å². The molecule has 8 heteroatoms. The minimum atomic E-state index is -0.288. The van der Waals surface area contributed by atoms with Crippen molar-refractivity contribution < 1.29 is 14.3 Å². The first-order valence-corrected chi connectivity index (χ1v) is 12.2. The summed E-state index contributed by atoms with van der Waals surface area (Å²) < 4.78 is 13.9. The van der Waals surface area contributed by atoms with Crippen molar-refractivity contribution in [2.24, 2.45) is 0 Å². The predicted octanol–water partition coefficient (Wildman–Crippen LogP) is 6.80. The molecule has 6 nitrogen and oxygen atoms in total. The normalized spacial score (nSPS) is 10.8. The highest BCUT2D eigenvalue weighted by atomic mass is 79.9. The zero-order chi connectivity index (χ0) is 24.9. The largest absolute Gasteiger partial charge is 0.496 e. The molecule has 1 heterocycles. The molecular weight excluding hydrogens is 530 g/mol. The van der Waals surface area contributed by atoms with Crippen LogP contribution in [0.5, 0.6) is 11.5 Å². The number of rotatable bonds is 8. The summed E-state index contributed by atoms with van der Waals surface area (Å²) in [6, 6.07) is 18.9. The van der Waals surface area contributed by atoms with E-state index in [9.17, 15) is 4.79 Å². The first kappa shape index (κ1) is 24.8. The number of hydrogen-bond acceptors (Lipinski definition) is 4. The van der Waals surface area contributed by atoms with Crippen molar-refractivity contribution in [1.82, 2.24) is 9.78 Å². The van der Waals surface area contributed by atoms with Crippen molar-refractivity contribution in [2.45, 2.75) is 27.0 Å². The van der Waals surface area contributed by atoms with Crippen LogP contribution in [0, 0.1) is 13.8 Å². The van der Waals surface area contributed by atoms with Crippen LogP contribution < -0.4 is 14.8 Å². The third-order valence-electron chi connectivity index (χ3n) is 5.51. The molecule has 0 unspecified atom stereocenters. The molecule has 0 bridgehead atoms. The Bertz CT molecular complexity index is 1370. The van der Waals surface area contributed by atoms with Gasteiger partial charge in [-0.3, -0.25) is 9.48 Å². The van der Waals surface area contributed by atoms with Crippen molar-refractivity contribution in [2.75, 3.05) is 12.4 Å². The maximum absolute atomic E-state index is 13.0. The third-order valence-corrected chi connectivity index (χ3v) is 6.46. The van der Waals surface area contributed by atoms with Gasteiger partial charge in [0, 0.05) is 22.3 Å². The number of carbonyl (C=O) groups is 1. The number of aromatic nitrogens is 2. The van der Waals surface area contributed by atoms with Gasteiger partial charge in [-0.2, -0.15) is 5.10 Å². The number of halogens is 2. The Kier molecular flexibility index (Phi) is 7.78. The molecule has 0 aliphatic carbocycles. The number of carbonyl (C=O) groups excluding carboxylic acids is 1. The molecule has 0 fully saturated rings. The van der Waals surface area contributed by atoms with Gasteiger partial charge in [-0.1, -0.05) is 41.9 Å². The molecule has 35 heavy (non-hydrogen) atoms. The van der Waals surface area contributed by atoms with Crippen LogP contribution >= 0.6 is 27.5 Å². The molecular formula is C27H25BrClN3O3. The number of ether oxygens (including phenoxy) is 2. The molecule has 180 valence electrons. The highest BCUT2D eigenvalue weighted by Gasteiger charge is 2.15. The summed E-state index contributed by atoms with van der Waals surface area (Å²) >= 11 is 9.74. The monoisotopic (exact) mass is 553 g/mol. The molecule has 0 saturated heterocycles.